The molecule has 1 aromatic heterocycles. The van der Waals surface area contributed by atoms with Crippen molar-refractivity contribution in [1.29, 1.82) is 0 Å². The molecule has 4 nitrogen and oxygen atoms in total. The molecule has 0 bridgehead atoms. The van der Waals surface area contributed by atoms with Crippen LogP contribution >= 0.6 is 0 Å². The van der Waals surface area contributed by atoms with Crippen molar-refractivity contribution in [2.24, 2.45) is 0 Å². The van der Waals surface area contributed by atoms with E-state index in [1.54, 1.807) is 10.8 Å². The lowest BCUT2D eigenvalue weighted by Gasteiger charge is -2.14. The second-order valence-corrected chi connectivity index (χ2v) is 3.85. The molecule has 2 rings (SSSR count). The zero-order valence-electron chi connectivity index (χ0n) is 10.1. The lowest BCUT2D eigenvalue weighted by atomic mass is 10.1. The summed E-state index contributed by atoms with van der Waals surface area (Å²) in [6, 6.07) is 3.49. The van der Waals surface area contributed by atoms with E-state index >= 15 is 0 Å². The van der Waals surface area contributed by atoms with E-state index < -0.39 is 11.7 Å². The number of ether oxygens (including phenoxy) is 1. The second kappa shape index (κ2) is 4.83. The number of nitrogen functional groups attached to an aromatic ring is 1. The van der Waals surface area contributed by atoms with Crippen molar-refractivity contribution in [3.8, 4) is 11.8 Å². The van der Waals surface area contributed by atoms with E-state index in [0.29, 0.717) is 6.54 Å². The van der Waals surface area contributed by atoms with Gasteiger partial charge >= 0.3 is 12.2 Å². The summed E-state index contributed by atoms with van der Waals surface area (Å²) in [5.74, 6) is -0.317. The van der Waals surface area contributed by atoms with Crippen molar-refractivity contribution in [1.82, 2.24) is 9.55 Å². The summed E-state index contributed by atoms with van der Waals surface area (Å²) in [4.78, 5) is 3.87. The number of alkyl halides is 3. The van der Waals surface area contributed by atoms with Crippen molar-refractivity contribution in [2.75, 3.05) is 5.73 Å². The van der Waals surface area contributed by atoms with Gasteiger partial charge in [0.05, 0.1) is 0 Å². The Morgan fingerprint density at radius 2 is 2.11 bits per heavy atom. The van der Waals surface area contributed by atoms with Crippen LogP contribution in [0.5, 0.6) is 11.8 Å². The molecule has 0 saturated carbocycles. The zero-order chi connectivity index (χ0) is 14.0. The molecular formula is C12H12F3N3O. The smallest absolute Gasteiger partial charge is 0.420 e. The first-order chi connectivity index (χ1) is 8.91. The van der Waals surface area contributed by atoms with E-state index in [2.05, 4.69) is 4.98 Å². The van der Waals surface area contributed by atoms with Gasteiger partial charge in [-0.15, -0.1) is 0 Å². The highest BCUT2D eigenvalue weighted by molar-refractivity contribution is 5.49. The van der Waals surface area contributed by atoms with Gasteiger partial charge in [0.2, 0.25) is 0 Å². The van der Waals surface area contributed by atoms with Crippen LogP contribution in [-0.2, 0) is 12.7 Å². The molecule has 7 heteroatoms. The number of nitrogens with zero attached hydrogens (tertiary/aromatic N) is 2. The standard InChI is InChI=1S/C12H12F3N3O/c1-2-18-6-5-17-11(18)19-10-4-3-8(16)7-9(10)12(13,14)15/h3-7H,2,16H2,1H3. The number of halogens is 3. The molecule has 0 aliphatic heterocycles. The molecule has 2 aromatic rings. The highest BCUT2D eigenvalue weighted by Gasteiger charge is 2.35. The molecule has 1 aromatic carbocycles. The maximum absolute atomic E-state index is 12.9. The highest BCUT2D eigenvalue weighted by atomic mass is 19.4. The summed E-state index contributed by atoms with van der Waals surface area (Å²) in [7, 11) is 0. The van der Waals surface area contributed by atoms with Gasteiger partial charge in [-0.25, -0.2) is 4.98 Å². The van der Waals surface area contributed by atoms with Gasteiger partial charge in [-0.1, -0.05) is 0 Å². The monoisotopic (exact) mass is 271 g/mol. The number of rotatable bonds is 3. The Balaban J connectivity index is 2.40. The fourth-order valence-corrected chi connectivity index (χ4v) is 1.60. The van der Waals surface area contributed by atoms with Crippen molar-refractivity contribution in [2.45, 2.75) is 19.6 Å². The van der Waals surface area contributed by atoms with Crippen molar-refractivity contribution >= 4 is 5.69 Å². The third-order valence-corrected chi connectivity index (χ3v) is 2.53. The predicted molar refractivity (Wildman–Crippen MR) is 63.8 cm³/mol. The fourth-order valence-electron chi connectivity index (χ4n) is 1.60. The topological polar surface area (TPSA) is 53.1 Å². The van der Waals surface area contributed by atoms with Crippen molar-refractivity contribution in [3.05, 3.63) is 36.2 Å². The molecule has 2 N–H and O–H groups in total. The molecule has 0 aliphatic rings. The van der Waals surface area contributed by atoms with Gasteiger partial charge in [0.25, 0.3) is 0 Å². The maximum Gasteiger partial charge on any atom is 0.420 e. The van der Waals surface area contributed by atoms with Crippen LogP contribution in [0.1, 0.15) is 12.5 Å². The first kappa shape index (κ1) is 13.3. The molecular weight excluding hydrogens is 259 g/mol. The molecule has 0 fully saturated rings. The Hall–Kier alpha value is -2.18. The normalized spacial score (nSPS) is 11.6. The Morgan fingerprint density at radius 3 is 2.74 bits per heavy atom. The number of nitrogens with two attached hydrogens (primary N) is 1. The van der Waals surface area contributed by atoms with E-state index in [0.717, 1.165) is 6.07 Å². The Bertz CT molecular complexity index is 578. The molecule has 0 radical (unpaired) electrons. The Kier molecular flexibility index (Phi) is 3.37. The molecule has 102 valence electrons. The molecule has 0 aliphatic carbocycles. The van der Waals surface area contributed by atoms with Gasteiger partial charge in [-0.05, 0) is 25.1 Å². The van der Waals surface area contributed by atoms with Crippen LogP contribution in [0.25, 0.3) is 0 Å². The largest absolute Gasteiger partial charge is 0.425 e. The average Bonchev–Trinajstić information content (AvgIpc) is 2.77. The van der Waals surface area contributed by atoms with Crippen molar-refractivity contribution in [3.63, 3.8) is 0 Å². The zero-order valence-corrected chi connectivity index (χ0v) is 10.1. The first-order valence-electron chi connectivity index (χ1n) is 5.57. The van der Waals surface area contributed by atoms with Crippen LogP contribution in [0.3, 0.4) is 0 Å². The first-order valence-corrected chi connectivity index (χ1v) is 5.57. The minimum absolute atomic E-state index is 0.0264. The number of benzene rings is 1. The molecule has 0 unspecified atom stereocenters. The van der Waals surface area contributed by atoms with Gasteiger partial charge in [0.1, 0.15) is 11.3 Å². The molecule has 0 spiro atoms. The Morgan fingerprint density at radius 1 is 1.37 bits per heavy atom. The molecule has 19 heavy (non-hydrogen) atoms. The predicted octanol–water partition coefficient (Wildman–Crippen LogP) is 3.30. The number of hydrogen-bond acceptors (Lipinski definition) is 3. The average molecular weight is 271 g/mol. The SMILES string of the molecule is CCn1ccnc1Oc1ccc(N)cc1C(F)(F)F. The third-order valence-electron chi connectivity index (χ3n) is 2.53. The number of imidazole rings is 1. The maximum atomic E-state index is 12.9. The van der Waals surface area contributed by atoms with Crippen LogP contribution in [0.15, 0.2) is 30.6 Å². The summed E-state index contributed by atoms with van der Waals surface area (Å²) >= 11 is 0. The van der Waals surface area contributed by atoms with Crippen LogP contribution in [0.4, 0.5) is 18.9 Å². The summed E-state index contributed by atoms with van der Waals surface area (Å²) in [5, 5.41) is 0. The molecule has 0 atom stereocenters. The minimum Gasteiger partial charge on any atom is -0.425 e. The Labute approximate surface area is 107 Å². The number of hydrogen-bond donors (Lipinski definition) is 1. The van der Waals surface area contributed by atoms with Gasteiger partial charge < -0.3 is 15.0 Å². The van der Waals surface area contributed by atoms with E-state index in [-0.39, 0.29) is 17.4 Å². The minimum atomic E-state index is -4.53. The van der Waals surface area contributed by atoms with Gasteiger partial charge in [-0.2, -0.15) is 13.2 Å². The molecule has 0 saturated heterocycles. The van der Waals surface area contributed by atoms with Crippen LogP contribution in [0, 0.1) is 0 Å². The van der Waals surface area contributed by atoms with Gasteiger partial charge in [-0.3, -0.25) is 0 Å². The van der Waals surface area contributed by atoms with Crippen LogP contribution < -0.4 is 10.5 Å². The van der Waals surface area contributed by atoms with E-state index in [9.17, 15) is 13.2 Å². The molecule has 1 heterocycles. The van der Waals surface area contributed by atoms with Crippen LogP contribution in [0.2, 0.25) is 0 Å². The van der Waals surface area contributed by atoms with E-state index in [4.69, 9.17) is 10.5 Å². The summed E-state index contributed by atoms with van der Waals surface area (Å²) < 4.78 is 45.5. The second-order valence-electron chi connectivity index (χ2n) is 3.85. The van der Waals surface area contributed by atoms with Gasteiger partial charge in [0.15, 0.2) is 0 Å². The number of aryl methyl sites for hydroxylation is 1. The quantitative estimate of drug-likeness (QED) is 0.871. The van der Waals surface area contributed by atoms with Gasteiger partial charge in [0, 0.05) is 24.6 Å². The summed E-state index contributed by atoms with van der Waals surface area (Å²) in [6.45, 7) is 2.38. The number of anilines is 1. The van der Waals surface area contributed by atoms with E-state index in [1.807, 2.05) is 6.92 Å². The molecule has 0 amide bonds. The highest BCUT2D eigenvalue weighted by Crippen LogP contribution is 2.38. The fraction of sp³-hybridized carbons (Fsp3) is 0.250. The number of aromatic nitrogens is 2. The van der Waals surface area contributed by atoms with Crippen LogP contribution in [-0.4, -0.2) is 9.55 Å². The lowest BCUT2D eigenvalue weighted by molar-refractivity contribution is -0.138. The summed E-state index contributed by atoms with van der Waals surface area (Å²) in [6.07, 6.45) is -1.45. The van der Waals surface area contributed by atoms with E-state index in [1.165, 1.54) is 18.3 Å². The summed E-state index contributed by atoms with van der Waals surface area (Å²) in [5.41, 5.74) is 4.49. The lowest BCUT2D eigenvalue weighted by Crippen LogP contribution is -2.09. The van der Waals surface area contributed by atoms with Crippen molar-refractivity contribution < 1.29 is 17.9 Å². The third kappa shape index (κ3) is 2.81.